The van der Waals surface area contributed by atoms with Crippen molar-refractivity contribution >= 4 is 18.0 Å². The Morgan fingerprint density at radius 2 is 1.57 bits per heavy atom. The van der Waals surface area contributed by atoms with Crippen molar-refractivity contribution in [3.63, 3.8) is 0 Å². The summed E-state index contributed by atoms with van der Waals surface area (Å²) in [7, 11) is 0. The molecule has 1 aliphatic rings. The summed E-state index contributed by atoms with van der Waals surface area (Å²) in [5.41, 5.74) is 1.13. The van der Waals surface area contributed by atoms with Crippen LogP contribution >= 0.6 is 0 Å². The monoisotopic (exact) mass is 577 g/mol. The van der Waals surface area contributed by atoms with E-state index in [1.165, 1.54) is 17.0 Å². The van der Waals surface area contributed by atoms with Gasteiger partial charge in [-0.25, -0.2) is 9.59 Å². The van der Waals surface area contributed by atoms with E-state index in [1.807, 2.05) is 60.7 Å². The molecule has 1 saturated heterocycles. The van der Waals surface area contributed by atoms with Gasteiger partial charge < -0.3 is 35.6 Å². The fourth-order valence-electron chi connectivity index (χ4n) is 4.00. The van der Waals surface area contributed by atoms with Gasteiger partial charge >= 0.3 is 12.1 Å². The lowest BCUT2D eigenvalue weighted by atomic mass is 9.99. The van der Waals surface area contributed by atoms with Gasteiger partial charge in [-0.2, -0.15) is 4.73 Å². The molecule has 0 unspecified atom stereocenters. The number of alkyl carbamates (subject to hydrolysis) is 1. The zero-order valence-corrected chi connectivity index (χ0v) is 23.7. The second-order valence-corrected chi connectivity index (χ2v) is 10.7. The number of rotatable bonds is 11. The summed E-state index contributed by atoms with van der Waals surface area (Å²) >= 11 is 0. The summed E-state index contributed by atoms with van der Waals surface area (Å²) < 4.78 is 12.4. The topological polar surface area (TPSA) is 149 Å². The second kappa shape index (κ2) is 13.6. The molecular formula is C30H35N5O7. The van der Waals surface area contributed by atoms with Gasteiger partial charge in [0.2, 0.25) is 11.3 Å². The lowest BCUT2D eigenvalue weighted by molar-refractivity contribution is -0.131. The van der Waals surface area contributed by atoms with Crippen LogP contribution in [0.15, 0.2) is 77.7 Å². The van der Waals surface area contributed by atoms with E-state index in [0.717, 1.165) is 11.1 Å². The number of hydrogen-bond acceptors (Lipinski definition) is 7. The predicted octanol–water partition coefficient (Wildman–Crippen LogP) is 2.25. The van der Waals surface area contributed by atoms with Gasteiger partial charge in [-0.15, -0.1) is 0 Å². The first-order valence-corrected chi connectivity index (χ1v) is 13.5. The van der Waals surface area contributed by atoms with Crippen LogP contribution < -0.4 is 36.3 Å². The standard InChI is InChI=1S/C30H35N5O7/c1-30(2,3)42-29(39)34-26-23(33-27(26)37)16-32-28(38)31-15-22-14-24(36)25(40-18-20-10-6-4-7-11-20)17-35(22)41-19-21-12-8-5-9-13-21/h4-14,17,23,26H,15-16,18-19H2,1-3H3,(H,33,37)(H,34,39)(H2,31,32,38)/t23-,26+/m1/s1. The molecule has 0 spiro atoms. The molecule has 42 heavy (non-hydrogen) atoms. The number of benzene rings is 2. The van der Waals surface area contributed by atoms with Crippen LogP contribution in [0.3, 0.4) is 0 Å². The number of carbonyl (C=O) groups is 3. The van der Waals surface area contributed by atoms with Crippen LogP contribution in [0.25, 0.3) is 0 Å². The highest BCUT2D eigenvalue weighted by atomic mass is 16.7. The summed E-state index contributed by atoms with van der Waals surface area (Å²) in [6, 6.07) is 18.4. The molecule has 4 amide bonds. The van der Waals surface area contributed by atoms with Gasteiger partial charge in [0.1, 0.15) is 24.9 Å². The van der Waals surface area contributed by atoms with Gasteiger partial charge in [-0.1, -0.05) is 60.7 Å². The molecule has 1 aliphatic heterocycles. The Hall–Kier alpha value is -5.00. The van der Waals surface area contributed by atoms with Gasteiger partial charge in [0.05, 0.1) is 24.5 Å². The first-order valence-electron chi connectivity index (χ1n) is 13.5. The van der Waals surface area contributed by atoms with Crippen molar-refractivity contribution in [2.75, 3.05) is 6.54 Å². The fraction of sp³-hybridized carbons (Fsp3) is 0.333. The summed E-state index contributed by atoms with van der Waals surface area (Å²) in [6.07, 6.45) is 0.737. The van der Waals surface area contributed by atoms with E-state index >= 15 is 0 Å². The Kier molecular flexibility index (Phi) is 9.69. The zero-order valence-electron chi connectivity index (χ0n) is 23.7. The molecule has 0 radical (unpaired) electrons. The van der Waals surface area contributed by atoms with Gasteiger partial charge in [0.15, 0.2) is 5.75 Å². The van der Waals surface area contributed by atoms with Crippen LogP contribution in [-0.4, -0.2) is 47.0 Å². The normalized spacial score (nSPS) is 15.9. The zero-order chi connectivity index (χ0) is 30.1. The third-order valence-electron chi connectivity index (χ3n) is 6.11. The maximum atomic E-state index is 12.8. The van der Waals surface area contributed by atoms with Crippen molar-refractivity contribution < 1.29 is 28.7 Å². The number of hydrogen-bond donors (Lipinski definition) is 4. The van der Waals surface area contributed by atoms with Crippen LogP contribution in [0.2, 0.25) is 0 Å². The minimum atomic E-state index is -0.833. The number of β-lactam (4-membered cyclic amide) rings is 1. The summed E-state index contributed by atoms with van der Waals surface area (Å²) in [5, 5.41) is 10.5. The number of aromatic nitrogens is 1. The number of carbonyl (C=O) groups excluding carboxylic acids is 3. The minimum Gasteiger partial charge on any atom is -0.483 e. The molecule has 3 aromatic rings. The maximum absolute atomic E-state index is 12.8. The largest absolute Gasteiger partial charge is 0.483 e. The Bertz CT molecular complexity index is 1440. The van der Waals surface area contributed by atoms with Crippen LogP contribution in [0, 0.1) is 0 Å². The Morgan fingerprint density at radius 1 is 0.929 bits per heavy atom. The smallest absolute Gasteiger partial charge is 0.408 e. The van der Waals surface area contributed by atoms with Gasteiger partial charge in [0.25, 0.3) is 0 Å². The van der Waals surface area contributed by atoms with E-state index in [-0.39, 0.29) is 43.4 Å². The maximum Gasteiger partial charge on any atom is 0.408 e. The van der Waals surface area contributed by atoms with Crippen LogP contribution in [0.5, 0.6) is 5.75 Å². The minimum absolute atomic E-state index is 0.0363. The molecular weight excluding hydrogens is 542 g/mol. The summed E-state index contributed by atoms with van der Waals surface area (Å²) in [4.78, 5) is 55.3. The molecule has 2 heterocycles. The van der Waals surface area contributed by atoms with Crippen LogP contribution in [0.1, 0.15) is 37.6 Å². The molecule has 2 atom stereocenters. The summed E-state index contributed by atoms with van der Waals surface area (Å²) in [6.45, 7) is 5.59. The van der Waals surface area contributed by atoms with Gasteiger partial charge in [-0.3, -0.25) is 9.59 Å². The average Bonchev–Trinajstić information content (AvgIpc) is 2.96. The van der Waals surface area contributed by atoms with Crippen LogP contribution in [-0.2, 0) is 29.3 Å². The number of ether oxygens (including phenoxy) is 2. The van der Waals surface area contributed by atoms with Crippen molar-refractivity contribution in [1.82, 2.24) is 26.0 Å². The fourth-order valence-corrected chi connectivity index (χ4v) is 4.00. The highest BCUT2D eigenvalue weighted by molar-refractivity contribution is 5.92. The van der Waals surface area contributed by atoms with Crippen molar-refractivity contribution in [2.24, 2.45) is 0 Å². The molecule has 1 fully saturated rings. The SMILES string of the molecule is CC(C)(C)OC(=O)N[C@@H]1C(=O)N[C@@H]1CNC(=O)NCc1cc(=O)c(OCc2ccccc2)cn1OCc1ccccc1. The van der Waals surface area contributed by atoms with E-state index < -0.39 is 29.8 Å². The Labute approximate surface area is 243 Å². The molecule has 0 bridgehead atoms. The molecule has 0 saturated carbocycles. The number of urea groups is 1. The van der Waals surface area contributed by atoms with Crippen LogP contribution in [0.4, 0.5) is 9.59 Å². The molecule has 0 aliphatic carbocycles. The molecule has 4 N–H and O–H groups in total. The van der Waals surface area contributed by atoms with Gasteiger partial charge in [-0.05, 0) is 31.9 Å². The van der Waals surface area contributed by atoms with Crippen molar-refractivity contribution in [2.45, 2.75) is 58.2 Å². The van der Waals surface area contributed by atoms with E-state index in [2.05, 4.69) is 21.3 Å². The second-order valence-electron chi connectivity index (χ2n) is 10.7. The molecule has 12 nitrogen and oxygen atoms in total. The number of nitrogens with zero attached hydrogens (tertiary/aromatic N) is 1. The lowest BCUT2D eigenvalue weighted by Crippen LogP contribution is -2.72. The first-order chi connectivity index (χ1) is 20.1. The van der Waals surface area contributed by atoms with Gasteiger partial charge in [0, 0.05) is 12.6 Å². The highest BCUT2D eigenvalue weighted by Gasteiger charge is 2.41. The summed E-state index contributed by atoms with van der Waals surface area (Å²) in [5.74, 6) is -0.272. The Morgan fingerprint density at radius 3 is 2.19 bits per heavy atom. The van der Waals surface area contributed by atoms with E-state index in [0.29, 0.717) is 5.69 Å². The third kappa shape index (κ3) is 8.75. The highest BCUT2D eigenvalue weighted by Crippen LogP contribution is 2.12. The third-order valence-corrected chi connectivity index (χ3v) is 6.11. The van der Waals surface area contributed by atoms with Crippen molar-refractivity contribution in [1.29, 1.82) is 0 Å². The number of pyridine rings is 1. The van der Waals surface area contributed by atoms with E-state index in [1.54, 1.807) is 20.8 Å². The van der Waals surface area contributed by atoms with Crippen molar-refractivity contribution in [3.8, 4) is 5.75 Å². The molecule has 2 aromatic carbocycles. The molecule has 1 aromatic heterocycles. The van der Waals surface area contributed by atoms with E-state index in [4.69, 9.17) is 14.3 Å². The molecule has 222 valence electrons. The quantitative estimate of drug-likeness (QED) is 0.256. The van der Waals surface area contributed by atoms with E-state index in [9.17, 15) is 19.2 Å². The number of nitrogens with one attached hydrogen (secondary N) is 4. The predicted molar refractivity (Wildman–Crippen MR) is 154 cm³/mol. The molecule has 12 heteroatoms. The average molecular weight is 578 g/mol. The first kappa shape index (κ1) is 30.0. The lowest BCUT2D eigenvalue weighted by Gasteiger charge is -2.37. The Balaban J connectivity index is 1.35. The molecule has 4 rings (SSSR count). The van der Waals surface area contributed by atoms with Crippen molar-refractivity contribution in [3.05, 3.63) is 100.0 Å². The number of amides is 4.